The molecule has 3 N–H and O–H groups in total. The number of pyridine rings is 1. The Balaban J connectivity index is 2.52. The Morgan fingerprint density at radius 3 is 2.94 bits per heavy atom. The zero-order valence-corrected chi connectivity index (χ0v) is 9.62. The van der Waals surface area contributed by atoms with Crippen molar-refractivity contribution in [2.45, 2.75) is 26.7 Å². The number of nitrogens with one attached hydrogen (secondary N) is 1. The SMILES string of the molecule is CCCc1c(N)n[nH]c1-c1cccnc1C. The van der Waals surface area contributed by atoms with Crippen molar-refractivity contribution in [2.24, 2.45) is 0 Å². The molecule has 0 amide bonds. The maximum absolute atomic E-state index is 5.85. The van der Waals surface area contributed by atoms with Crippen LogP contribution in [0.1, 0.15) is 24.6 Å². The van der Waals surface area contributed by atoms with Crippen LogP contribution in [0.25, 0.3) is 11.3 Å². The van der Waals surface area contributed by atoms with Crippen molar-refractivity contribution in [2.75, 3.05) is 5.73 Å². The number of hydrogen-bond donors (Lipinski definition) is 2. The third-order valence-corrected chi connectivity index (χ3v) is 2.68. The first kappa shape index (κ1) is 10.7. The van der Waals surface area contributed by atoms with E-state index >= 15 is 0 Å². The van der Waals surface area contributed by atoms with E-state index in [0.29, 0.717) is 5.82 Å². The molecule has 2 heterocycles. The summed E-state index contributed by atoms with van der Waals surface area (Å²) in [5.41, 5.74) is 10.0. The van der Waals surface area contributed by atoms with Gasteiger partial charge in [-0.05, 0) is 25.5 Å². The summed E-state index contributed by atoms with van der Waals surface area (Å²) in [6, 6.07) is 3.96. The molecule has 0 aromatic carbocycles. The minimum Gasteiger partial charge on any atom is -0.382 e. The molecule has 0 aliphatic heterocycles. The van der Waals surface area contributed by atoms with E-state index in [4.69, 9.17) is 5.73 Å². The number of hydrogen-bond acceptors (Lipinski definition) is 3. The van der Waals surface area contributed by atoms with Crippen molar-refractivity contribution in [1.29, 1.82) is 0 Å². The predicted molar refractivity (Wildman–Crippen MR) is 65.0 cm³/mol. The Bertz CT molecular complexity index is 488. The summed E-state index contributed by atoms with van der Waals surface area (Å²) in [5.74, 6) is 0.597. The third-order valence-electron chi connectivity index (χ3n) is 2.68. The molecule has 0 aliphatic rings. The van der Waals surface area contributed by atoms with Crippen molar-refractivity contribution in [3.05, 3.63) is 29.6 Å². The Hall–Kier alpha value is -1.84. The molecule has 2 rings (SSSR count). The average molecular weight is 216 g/mol. The number of rotatable bonds is 3. The highest BCUT2D eigenvalue weighted by atomic mass is 15.2. The lowest BCUT2D eigenvalue weighted by Crippen LogP contribution is -1.94. The molecule has 84 valence electrons. The predicted octanol–water partition coefficient (Wildman–Crippen LogP) is 2.31. The summed E-state index contributed by atoms with van der Waals surface area (Å²) in [4.78, 5) is 4.28. The second-order valence-electron chi connectivity index (χ2n) is 3.85. The van der Waals surface area contributed by atoms with Gasteiger partial charge in [-0.15, -0.1) is 0 Å². The van der Waals surface area contributed by atoms with Gasteiger partial charge in [0.1, 0.15) is 5.82 Å². The van der Waals surface area contributed by atoms with E-state index in [9.17, 15) is 0 Å². The van der Waals surface area contributed by atoms with Crippen LogP contribution >= 0.6 is 0 Å². The number of aromatic amines is 1. The molecule has 2 aromatic heterocycles. The van der Waals surface area contributed by atoms with Gasteiger partial charge >= 0.3 is 0 Å². The van der Waals surface area contributed by atoms with Gasteiger partial charge in [-0.1, -0.05) is 13.3 Å². The lowest BCUT2D eigenvalue weighted by Gasteiger charge is -2.05. The molecule has 0 aliphatic carbocycles. The van der Waals surface area contributed by atoms with E-state index in [-0.39, 0.29) is 0 Å². The van der Waals surface area contributed by atoms with Gasteiger partial charge in [-0.2, -0.15) is 5.10 Å². The van der Waals surface area contributed by atoms with Crippen LogP contribution in [0.3, 0.4) is 0 Å². The molecule has 4 nitrogen and oxygen atoms in total. The van der Waals surface area contributed by atoms with E-state index < -0.39 is 0 Å². The van der Waals surface area contributed by atoms with E-state index in [0.717, 1.165) is 35.4 Å². The van der Waals surface area contributed by atoms with Crippen molar-refractivity contribution >= 4 is 5.82 Å². The van der Waals surface area contributed by atoms with Crippen LogP contribution in [0.4, 0.5) is 5.82 Å². The maximum Gasteiger partial charge on any atom is 0.149 e. The van der Waals surface area contributed by atoms with Gasteiger partial charge < -0.3 is 5.73 Å². The Morgan fingerprint density at radius 2 is 2.25 bits per heavy atom. The van der Waals surface area contributed by atoms with Gasteiger partial charge in [0.15, 0.2) is 0 Å². The van der Waals surface area contributed by atoms with Gasteiger partial charge in [0.05, 0.1) is 5.69 Å². The minimum atomic E-state index is 0.597. The lowest BCUT2D eigenvalue weighted by molar-refractivity contribution is 0.926. The summed E-state index contributed by atoms with van der Waals surface area (Å²) in [6.45, 7) is 4.12. The molecule has 4 heteroatoms. The fraction of sp³-hybridized carbons (Fsp3) is 0.333. The highest BCUT2D eigenvalue weighted by Crippen LogP contribution is 2.27. The molecule has 0 unspecified atom stereocenters. The summed E-state index contributed by atoms with van der Waals surface area (Å²) >= 11 is 0. The number of aryl methyl sites for hydroxylation is 1. The second kappa shape index (κ2) is 4.35. The van der Waals surface area contributed by atoms with E-state index in [1.807, 2.05) is 19.1 Å². The standard InChI is InChI=1S/C12H16N4/c1-3-5-10-11(15-16-12(10)13)9-6-4-7-14-8(9)2/h4,6-7H,3,5H2,1-2H3,(H3,13,15,16). The molecule has 0 saturated heterocycles. The zero-order chi connectivity index (χ0) is 11.5. The number of nitrogen functional groups attached to an aromatic ring is 1. The second-order valence-corrected chi connectivity index (χ2v) is 3.85. The smallest absolute Gasteiger partial charge is 0.149 e. The normalized spacial score (nSPS) is 10.6. The van der Waals surface area contributed by atoms with Gasteiger partial charge in [-0.25, -0.2) is 0 Å². The molecule has 0 fully saturated rings. The molecule has 0 saturated carbocycles. The molecule has 0 bridgehead atoms. The minimum absolute atomic E-state index is 0.597. The van der Waals surface area contributed by atoms with Crippen LogP contribution in [0, 0.1) is 6.92 Å². The Morgan fingerprint density at radius 1 is 1.44 bits per heavy atom. The molecule has 0 radical (unpaired) electrons. The van der Waals surface area contributed by atoms with E-state index in [1.165, 1.54) is 0 Å². The number of anilines is 1. The fourth-order valence-electron chi connectivity index (χ4n) is 1.85. The van der Waals surface area contributed by atoms with E-state index in [2.05, 4.69) is 22.1 Å². The van der Waals surface area contributed by atoms with Crippen LogP contribution < -0.4 is 5.73 Å². The maximum atomic E-state index is 5.85. The number of nitrogens with zero attached hydrogens (tertiary/aromatic N) is 2. The molecule has 0 atom stereocenters. The fourth-order valence-corrected chi connectivity index (χ4v) is 1.85. The lowest BCUT2D eigenvalue weighted by atomic mass is 10.0. The first-order valence-corrected chi connectivity index (χ1v) is 5.48. The van der Waals surface area contributed by atoms with Gasteiger partial charge in [0.2, 0.25) is 0 Å². The van der Waals surface area contributed by atoms with Crippen LogP contribution in [-0.4, -0.2) is 15.2 Å². The Labute approximate surface area is 94.9 Å². The monoisotopic (exact) mass is 216 g/mol. The van der Waals surface area contributed by atoms with Crippen molar-refractivity contribution in [3.63, 3.8) is 0 Å². The number of nitrogens with two attached hydrogens (primary N) is 1. The summed E-state index contributed by atoms with van der Waals surface area (Å²) < 4.78 is 0. The molecule has 16 heavy (non-hydrogen) atoms. The highest BCUT2D eigenvalue weighted by molar-refractivity contribution is 5.69. The first-order valence-electron chi connectivity index (χ1n) is 5.48. The largest absolute Gasteiger partial charge is 0.382 e. The van der Waals surface area contributed by atoms with Crippen molar-refractivity contribution in [1.82, 2.24) is 15.2 Å². The third kappa shape index (κ3) is 1.78. The zero-order valence-electron chi connectivity index (χ0n) is 9.62. The molecule has 0 spiro atoms. The molecular weight excluding hydrogens is 200 g/mol. The van der Waals surface area contributed by atoms with Gasteiger partial charge in [-0.3, -0.25) is 10.1 Å². The summed E-state index contributed by atoms with van der Waals surface area (Å²) in [7, 11) is 0. The van der Waals surface area contributed by atoms with Crippen LogP contribution in [-0.2, 0) is 6.42 Å². The molecular formula is C12H16N4. The first-order chi connectivity index (χ1) is 7.74. The van der Waals surface area contributed by atoms with Crippen molar-refractivity contribution in [3.8, 4) is 11.3 Å². The van der Waals surface area contributed by atoms with Gasteiger partial charge in [0.25, 0.3) is 0 Å². The van der Waals surface area contributed by atoms with Crippen LogP contribution in [0.2, 0.25) is 0 Å². The van der Waals surface area contributed by atoms with Gasteiger partial charge in [0, 0.05) is 23.0 Å². The Kier molecular flexibility index (Phi) is 2.90. The number of H-pyrrole nitrogens is 1. The topological polar surface area (TPSA) is 67.6 Å². The molecule has 2 aromatic rings. The van der Waals surface area contributed by atoms with Crippen LogP contribution in [0.5, 0.6) is 0 Å². The average Bonchev–Trinajstić information content (AvgIpc) is 2.62. The summed E-state index contributed by atoms with van der Waals surface area (Å²) in [6.07, 6.45) is 3.78. The highest BCUT2D eigenvalue weighted by Gasteiger charge is 2.13. The van der Waals surface area contributed by atoms with Crippen molar-refractivity contribution < 1.29 is 0 Å². The quantitative estimate of drug-likeness (QED) is 0.827. The summed E-state index contributed by atoms with van der Waals surface area (Å²) in [5, 5.41) is 7.08. The number of aromatic nitrogens is 3. The van der Waals surface area contributed by atoms with E-state index in [1.54, 1.807) is 6.20 Å². The van der Waals surface area contributed by atoms with Crippen LogP contribution in [0.15, 0.2) is 18.3 Å².